The molecule has 0 aromatic heterocycles. The van der Waals surface area contributed by atoms with Gasteiger partial charge in [0.25, 0.3) is 0 Å². The van der Waals surface area contributed by atoms with Gasteiger partial charge in [-0.15, -0.1) is 0 Å². The number of ketones is 1. The second kappa shape index (κ2) is 10.8. The molecule has 1 N–H and O–H groups in total. The summed E-state index contributed by atoms with van der Waals surface area (Å²) < 4.78 is 0. The fraction of sp³-hybridized carbons (Fsp3) is 0.310. The zero-order valence-corrected chi connectivity index (χ0v) is 19.9. The second-order valence-electron chi connectivity index (χ2n) is 9.19. The highest BCUT2D eigenvalue weighted by Crippen LogP contribution is 2.23. The maximum absolute atomic E-state index is 13.2. The number of hydrogen-bond donors (Lipinski definition) is 1. The molecule has 0 spiro atoms. The van der Waals surface area contributed by atoms with Crippen LogP contribution < -0.4 is 0 Å². The van der Waals surface area contributed by atoms with Crippen molar-refractivity contribution < 1.29 is 14.7 Å². The van der Waals surface area contributed by atoms with E-state index >= 15 is 0 Å². The minimum absolute atomic E-state index is 0.162. The van der Waals surface area contributed by atoms with Crippen LogP contribution in [-0.2, 0) is 17.8 Å². The number of Topliss-reactive ketones (excluding diaryl/α,β-unsaturated/α-hetero) is 1. The molecule has 1 heterocycles. The van der Waals surface area contributed by atoms with Crippen molar-refractivity contribution in [1.29, 1.82) is 0 Å². The number of carbonyl (C=O) groups excluding carboxylic acids is 2. The van der Waals surface area contributed by atoms with Crippen molar-refractivity contribution in [3.8, 4) is 11.1 Å². The van der Waals surface area contributed by atoms with E-state index in [2.05, 4.69) is 43.0 Å². The third-order valence-electron chi connectivity index (χ3n) is 6.63. The van der Waals surface area contributed by atoms with Gasteiger partial charge < -0.3 is 10.0 Å². The van der Waals surface area contributed by atoms with Gasteiger partial charge in [-0.2, -0.15) is 0 Å². The summed E-state index contributed by atoms with van der Waals surface area (Å²) in [5, 5.41) is 9.03. The molecule has 1 aliphatic rings. The van der Waals surface area contributed by atoms with E-state index in [0.717, 1.165) is 28.8 Å². The van der Waals surface area contributed by atoms with Crippen LogP contribution in [0.4, 0.5) is 0 Å². The van der Waals surface area contributed by atoms with Gasteiger partial charge in [0.1, 0.15) is 6.61 Å². The van der Waals surface area contributed by atoms with Crippen molar-refractivity contribution in [3.63, 3.8) is 0 Å². The summed E-state index contributed by atoms with van der Waals surface area (Å²) in [5.74, 6) is -0.106. The third-order valence-corrected chi connectivity index (χ3v) is 6.63. The molecule has 4 rings (SSSR count). The molecule has 0 saturated carbocycles. The molecular weight excluding hydrogens is 424 g/mol. The lowest BCUT2D eigenvalue weighted by molar-refractivity contribution is -0.135. The van der Waals surface area contributed by atoms with Gasteiger partial charge in [-0.05, 0) is 36.1 Å². The van der Waals surface area contributed by atoms with E-state index in [1.165, 1.54) is 0 Å². The Kier molecular flexibility index (Phi) is 7.56. The first kappa shape index (κ1) is 23.9. The van der Waals surface area contributed by atoms with E-state index < -0.39 is 6.61 Å². The molecule has 0 aliphatic carbocycles. The predicted molar refractivity (Wildman–Crippen MR) is 134 cm³/mol. The quantitative estimate of drug-likeness (QED) is 0.542. The first-order chi connectivity index (χ1) is 16.4. The minimum Gasteiger partial charge on any atom is -0.388 e. The zero-order valence-electron chi connectivity index (χ0n) is 19.9. The van der Waals surface area contributed by atoms with Crippen LogP contribution in [0.25, 0.3) is 11.1 Å². The van der Waals surface area contributed by atoms with Crippen LogP contribution in [0, 0.1) is 0 Å². The van der Waals surface area contributed by atoms with Gasteiger partial charge in [0.2, 0.25) is 5.91 Å². The summed E-state index contributed by atoms with van der Waals surface area (Å²) in [6, 6.07) is 26.3. The number of amides is 1. The number of piperazine rings is 1. The molecule has 0 radical (unpaired) electrons. The Morgan fingerprint density at radius 2 is 1.47 bits per heavy atom. The Morgan fingerprint density at radius 1 is 0.824 bits per heavy atom. The van der Waals surface area contributed by atoms with Gasteiger partial charge in [0.05, 0.1) is 6.42 Å². The topological polar surface area (TPSA) is 60.9 Å². The highest BCUT2D eigenvalue weighted by molar-refractivity contribution is 5.96. The van der Waals surface area contributed by atoms with Gasteiger partial charge >= 0.3 is 0 Å². The molecular formula is C29H32N2O3. The van der Waals surface area contributed by atoms with Gasteiger partial charge in [0.15, 0.2) is 5.78 Å². The lowest BCUT2D eigenvalue weighted by Crippen LogP contribution is -2.57. The standard InChI is InChI=1S/C29H32N2O3/c1-21-17-30(18-22(2)31(21)19-23-11-13-26(14-12-23)28(33)20-32)29(34)16-24-7-6-10-27(15-24)25-8-4-3-5-9-25/h3-15,21-22,32H,16-20H2,1-2H3/t21-,22+. The summed E-state index contributed by atoms with van der Waals surface area (Å²) in [6.07, 6.45) is 0.403. The van der Waals surface area contributed by atoms with Crippen molar-refractivity contribution in [1.82, 2.24) is 9.80 Å². The van der Waals surface area contributed by atoms with Crippen LogP contribution in [-0.4, -0.2) is 58.4 Å². The molecule has 1 aliphatic heterocycles. The lowest BCUT2D eigenvalue weighted by Gasteiger charge is -2.44. The van der Waals surface area contributed by atoms with Crippen LogP contribution in [0.1, 0.15) is 35.3 Å². The molecule has 0 bridgehead atoms. The molecule has 3 aromatic rings. The molecule has 1 saturated heterocycles. The molecule has 5 heteroatoms. The molecule has 1 fully saturated rings. The van der Waals surface area contributed by atoms with Crippen molar-refractivity contribution in [2.45, 2.75) is 38.9 Å². The smallest absolute Gasteiger partial charge is 0.227 e. The SMILES string of the molecule is C[C@@H]1CN(C(=O)Cc2cccc(-c3ccccc3)c2)C[C@H](C)N1Cc1ccc(C(=O)CO)cc1. The van der Waals surface area contributed by atoms with Gasteiger partial charge in [-0.1, -0.05) is 78.9 Å². The summed E-state index contributed by atoms with van der Waals surface area (Å²) >= 11 is 0. The normalized spacial score (nSPS) is 18.6. The molecule has 3 aromatic carbocycles. The van der Waals surface area contributed by atoms with Crippen molar-refractivity contribution >= 4 is 11.7 Å². The van der Waals surface area contributed by atoms with E-state index in [1.807, 2.05) is 47.4 Å². The Balaban J connectivity index is 1.37. The third kappa shape index (κ3) is 5.61. The maximum atomic E-state index is 13.2. The van der Waals surface area contributed by atoms with Crippen LogP contribution in [0.15, 0.2) is 78.9 Å². The molecule has 176 valence electrons. The number of carbonyl (C=O) groups is 2. The van der Waals surface area contributed by atoms with Crippen LogP contribution >= 0.6 is 0 Å². The first-order valence-corrected chi connectivity index (χ1v) is 11.9. The molecule has 1 amide bonds. The molecule has 0 unspecified atom stereocenters. The Morgan fingerprint density at radius 3 is 2.12 bits per heavy atom. The largest absolute Gasteiger partial charge is 0.388 e. The summed E-state index contributed by atoms with van der Waals surface area (Å²) in [4.78, 5) is 29.2. The lowest BCUT2D eigenvalue weighted by atomic mass is 10.0. The van der Waals surface area contributed by atoms with Crippen LogP contribution in [0.2, 0.25) is 0 Å². The highest BCUT2D eigenvalue weighted by Gasteiger charge is 2.31. The highest BCUT2D eigenvalue weighted by atomic mass is 16.3. The zero-order chi connectivity index (χ0) is 24.1. The summed E-state index contributed by atoms with van der Waals surface area (Å²) in [5.41, 5.74) is 4.96. The second-order valence-corrected chi connectivity index (χ2v) is 9.19. The van der Waals surface area contributed by atoms with E-state index in [-0.39, 0.29) is 23.8 Å². The maximum Gasteiger partial charge on any atom is 0.227 e. The summed E-state index contributed by atoms with van der Waals surface area (Å²) in [6.45, 7) is 6.01. The van der Waals surface area contributed by atoms with Crippen molar-refractivity contribution in [2.24, 2.45) is 0 Å². The molecule has 34 heavy (non-hydrogen) atoms. The predicted octanol–water partition coefficient (Wildman–Crippen LogP) is 4.19. The average Bonchev–Trinajstić information content (AvgIpc) is 2.86. The number of aliphatic hydroxyl groups is 1. The number of nitrogens with zero attached hydrogens (tertiary/aromatic N) is 2. The average molecular weight is 457 g/mol. The fourth-order valence-electron chi connectivity index (χ4n) is 4.75. The van der Waals surface area contributed by atoms with E-state index in [4.69, 9.17) is 5.11 Å². The monoisotopic (exact) mass is 456 g/mol. The van der Waals surface area contributed by atoms with Crippen molar-refractivity contribution in [2.75, 3.05) is 19.7 Å². The van der Waals surface area contributed by atoms with Gasteiger partial charge in [0, 0.05) is 37.3 Å². The number of aliphatic hydroxyl groups excluding tert-OH is 1. The summed E-state index contributed by atoms with van der Waals surface area (Å²) in [7, 11) is 0. The fourth-order valence-corrected chi connectivity index (χ4v) is 4.75. The number of benzene rings is 3. The van der Waals surface area contributed by atoms with Crippen LogP contribution in [0.5, 0.6) is 0 Å². The van der Waals surface area contributed by atoms with Crippen LogP contribution in [0.3, 0.4) is 0 Å². The Labute approximate surface area is 201 Å². The Bertz CT molecular complexity index is 1120. The number of hydrogen-bond acceptors (Lipinski definition) is 4. The first-order valence-electron chi connectivity index (χ1n) is 11.9. The van der Waals surface area contributed by atoms with E-state index in [0.29, 0.717) is 25.1 Å². The minimum atomic E-state index is -0.472. The Hall–Kier alpha value is -3.28. The molecule has 2 atom stereocenters. The van der Waals surface area contributed by atoms with Gasteiger partial charge in [-0.3, -0.25) is 14.5 Å². The molecule has 5 nitrogen and oxygen atoms in total. The number of rotatable bonds is 7. The van der Waals surface area contributed by atoms with Crippen molar-refractivity contribution in [3.05, 3.63) is 95.6 Å². The van der Waals surface area contributed by atoms with E-state index in [9.17, 15) is 9.59 Å². The van der Waals surface area contributed by atoms with E-state index in [1.54, 1.807) is 12.1 Å². The van der Waals surface area contributed by atoms with Gasteiger partial charge in [-0.25, -0.2) is 0 Å².